The van der Waals surface area contributed by atoms with Crippen LogP contribution in [0, 0.1) is 0 Å². The molecule has 0 aliphatic carbocycles. The largest absolute Gasteiger partial charge is 0.486 e. The predicted octanol–water partition coefficient (Wildman–Crippen LogP) is 2.29. The van der Waals surface area contributed by atoms with Crippen LogP contribution in [-0.2, 0) is 19.3 Å². The number of fused-ring (bicyclic) bond motifs is 2. The molecule has 1 N–H and O–H groups in total. The van der Waals surface area contributed by atoms with Crippen LogP contribution in [0.5, 0.6) is 11.5 Å². The van der Waals surface area contributed by atoms with Gasteiger partial charge in [0.1, 0.15) is 19.0 Å². The van der Waals surface area contributed by atoms with Gasteiger partial charge in [0.05, 0.1) is 5.75 Å². The molecule has 3 heterocycles. The number of imidazole rings is 1. The van der Waals surface area contributed by atoms with Crippen molar-refractivity contribution in [2.75, 3.05) is 13.2 Å². The van der Waals surface area contributed by atoms with Gasteiger partial charge in [-0.25, -0.2) is 9.78 Å². The maximum Gasteiger partial charge on any atom is 0.330 e. The zero-order valence-electron chi connectivity index (χ0n) is 15.9. The Morgan fingerprint density at radius 2 is 2.00 bits per heavy atom. The lowest BCUT2D eigenvalue weighted by atomic mass is 10.3. The van der Waals surface area contributed by atoms with Gasteiger partial charge in [0.2, 0.25) is 0 Å². The normalized spacial score (nSPS) is 13.2. The van der Waals surface area contributed by atoms with Crippen molar-refractivity contribution in [3.8, 4) is 11.5 Å². The quantitative estimate of drug-likeness (QED) is 0.636. The molecular weight excluding hydrogens is 380 g/mol. The molecule has 28 heavy (non-hydrogen) atoms. The molecule has 1 aromatic carbocycles. The second-order valence-corrected chi connectivity index (χ2v) is 7.67. The summed E-state index contributed by atoms with van der Waals surface area (Å²) in [7, 11) is 1.80. The molecule has 0 unspecified atom stereocenters. The average Bonchev–Trinajstić information content (AvgIpc) is 3.03. The van der Waals surface area contributed by atoms with E-state index in [2.05, 4.69) is 16.9 Å². The lowest BCUT2D eigenvalue weighted by molar-refractivity contribution is 0.171. The lowest BCUT2D eigenvalue weighted by Crippen LogP contribution is -2.31. The fourth-order valence-electron chi connectivity index (χ4n) is 3.21. The Hall–Kier alpha value is -2.68. The van der Waals surface area contributed by atoms with Gasteiger partial charge in [0.15, 0.2) is 22.7 Å². The second-order valence-electron chi connectivity index (χ2n) is 6.62. The highest BCUT2D eigenvalue weighted by molar-refractivity contribution is 7.98. The number of rotatable bonds is 6. The Morgan fingerprint density at radius 3 is 2.79 bits per heavy atom. The topological polar surface area (TPSA) is 91.1 Å². The van der Waals surface area contributed by atoms with Gasteiger partial charge >= 0.3 is 5.69 Å². The maximum atomic E-state index is 12.3. The summed E-state index contributed by atoms with van der Waals surface area (Å²) in [5, 5.41) is 0. The monoisotopic (exact) mass is 402 g/mol. The summed E-state index contributed by atoms with van der Waals surface area (Å²) in [6.07, 6.45) is 1.80. The Bertz CT molecular complexity index is 1130. The molecule has 3 aromatic rings. The second kappa shape index (κ2) is 7.75. The van der Waals surface area contributed by atoms with Gasteiger partial charge in [-0.3, -0.25) is 14.3 Å². The van der Waals surface area contributed by atoms with Gasteiger partial charge in [-0.2, -0.15) is 0 Å². The number of aromatic nitrogens is 4. The first-order valence-electron chi connectivity index (χ1n) is 9.29. The van der Waals surface area contributed by atoms with Crippen molar-refractivity contribution in [3.63, 3.8) is 0 Å². The zero-order chi connectivity index (χ0) is 19.7. The molecule has 0 atom stereocenters. The van der Waals surface area contributed by atoms with Crippen molar-refractivity contribution in [3.05, 3.63) is 44.9 Å². The molecular formula is C19H22N4O4S. The first-order valence-corrected chi connectivity index (χ1v) is 10.3. The number of nitrogens with zero attached hydrogens (tertiary/aromatic N) is 3. The highest BCUT2D eigenvalue weighted by atomic mass is 32.2. The fourth-order valence-corrected chi connectivity index (χ4v) is 4.11. The number of nitrogens with one attached hydrogen (secondary N) is 1. The van der Waals surface area contributed by atoms with Crippen molar-refractivity contribution in [2.24, 2.45) is 7.05 Å². The van der Waals surface area contributed by atoms with Crippen LogP contribution in [0.3, 0.4) is 0 Å². The number of ether oxygens (including phenoxy) is 2. The van der Waals surface area contributed by atoms with E-state index in [9.17, 15) is 9.59 Å². The number of H-pyrrole nitrogens is 1. The standard InChI is InChI=1S/C19H22N4O4S/c1-3-4-7-23-17-16(18(24)21-19(23)25)22(2)15(20-17)11-28-12-5-6-13-14(10-12)27-9-8-26-13/h5-6,10H,3-4,7-9,11H2,1-2H3,(H,21,24,25). The predicted molar refractivity (Wildman–Crippen MR) is 107 cm³/mol. The molecule has 0 radical (unpaired) electrons. The molecule has 2 aromatic heterocycles. The number of aromatic amines is 1. The van der Waals surface area contributed by atoms with Gasteiger partial charge in [0, 0.05) is 18.5 Å². The van der Waals surface area contributed by atoms with E-state index in [1.165, 1.54) is 0 Å². The van der Waals surface area contributed by atoms with E-state index in [0.29, 0.717) is 36.7 Å². The average molecular weight is 402 g/mol. The van der Waals surface area contributed by atoms with Gasteiger partial charge in [-0.1, -0.05) is 13.3 Å². The summed E-state index contributed by atoms with van der Waals surface area (Å²) in [5.74, 6) is 2.79. The fraction of sp³-hybridized carbons (Fsp3) is 0.421. The summed E-state index contributed by atoms with van der Waals surface area (Å²) in [6, 6.07) is 5.83. The summed E-state index contributed by atoms with van der Waals surface area (Å²) in [5.41, 5.74) is 0.0596. The molecule has 0 saturated heterocycles. The van der Waals surface area contributed by atoms with Crippen molar-refractivity contribution in [1.82, 2.24) is 19.1 Å². The van der Waals surface area contributed by atoms with E-state index in [1.807, 2.05) is 18.2 Å². The van der Waals surface area contributed by atoms with Crippen LogP contribution >= 0.6 is 11.8 Å². The summed E-state index contributed by atoms with van der Waals surface area (Å²) >= 11 is 1.59. The Kier molecular flexibility index (Phi) is 5.17. The molecule has 1 aliphatic heterocycles. The summed E-state index contributed by atoms with van der Waals surface area (Å²) in [6.45, 7) is 3.70. The van der Waals surface area contributed by atoms with Crippen LogP contribution in [0.4, 0.5) is 0 Å². The van der Waals surface area contributed by atoms with Gasteiger partial charge in [-0.15, -0.1) is 11.8 Å². The molecule has 0 spiro atoms. The van der Waals surface area contributed by atoms with Crippen molar-refractivity contribution >= 4 is 22.9 Å². The highest BCUT2D eigenvalue weighted by Crippen LogP contribution is 2.35. The molecule has 0 saturated carbocycles. The third-order valence-electron chi connectivity index (χ3n) is 4.72. The van der Waals surface area contributed by atoms with E-state index in [0.717, 1.165) is 35.1 Å². The van der Waals surface area contributed by atoms with E-state index in [1.54, 1.807) is 27.9 Å². The van der Waals surface area contributed by atoms with Crippen molar-refractivity contribution in [1.29, 1.82) is 0 Å². The number of unbranched alkanes of at least 4 members (excludes halogenated alkanes) is 1. The Labute approximate surface area is 165 Å². The number of thioether (sulfide) groups is 1. The number of hydrogen-bond acceptors (Lipinski definition) is 6. The molecule has 0 bridgehead atoms. The number of benzene rings is 1. The molecule has 0 amide bonds. The van der Waals surface area contributed by atoms with Crippen LogP contribution in [0.2, 0.25) is 0 Å². The van der Waals surface area contributed by atoms with Crippen molar-refractivity contribution in [2.45, 2.75) is 37.0 Å². The van der Waals surface area contributed by atoms with E-state index >= 15 is 0 Å². The Balaban J connectivity index is 1.64. The number of hydrogen-bond donors (Lipinski definition) is 1. The van der Waals surface area contributed by atoms with Crippen LogP contribution in [-0.4, -0.2) is 32.3 Å². The van der Waals surface area contributed by atoms with E-state index in [-0.39, 0.29) is 0 Å². The third-order valence-corrected chi connectivity index (χ3v) is 5.71. The summed E-state index contributed by atoms with van der Waals surface area (Å²) < 4.78 is 14.5. The van der Waals surface area contributed by atoms with Gasteiger partial charge in [0.25, 0.3) is 5.56 Å². The first-order chi connectivity index (χ1) is 13.6. The molecule has 1 aliphatic rings. The smallest absolute Gasteiger partial charge is 0.330 e. The van der Waals surface area contributed by atoms with E-state index in [4.69, 9.17) is 9.47 Å². The minimum atomic E-state index is -0.407. The van der Waals surface area contributed by atoms with Crippen LogP contribution in [0.1, 0.15) is 25.6 Å². The van der Waals surface area contributed by atoms with Gasteiger partial charge in [-0.05, 0) is 24.6 Å². The van der Waals surface area contributed by atoms with Gasteiger partial charge < -0.3 is 14.0 Å². The minimum Gasteiger partial charge on any atom is -0.486 e. The lowest BCUT2D eigenvalue weighted by Gasteiger charge is -2.18. The molecule has 4 rings (SSSR count). The first kappa shape index (κ1) is 18.7. The number of aryl methyl sites for hydroxylation is 2. The summed E-state index contributed by atoms with van der Waals surface area (Å²) in [4.78, 5) is 32.6. The van der Waals surface area contributed by atoms with Crippen molar-refractivity contribution < 1.29 is 9.47 Å². The van der Waals surface area contributed by atoms with Crippen LogP contribution < -0.4 is 20.7 Å². The van der Waals surface area contributed by atoms with E-state index < -0.39 is 11.2 Å². The third kappa shape index (κ3) is 3.42. The van der Waals surface area contributed by atoms with Crippen LogP contribution in [0.15, 0.2) is 32.7 Å². The Morgan fingerprint density at radius 1 is 1.21 bits per heavy atom. The minimum absolute atomic E-state index is 0.404. The molecule has 9 heteroatoms. The molecule has 8 nitrogen and oxygen atoms in total. The molecule has 148 valence electrons. The SMILES string of the molecule is CCCCn1c(=O)[nH]c(=O)c2c1nc(CSc1ccc3c(c1)OCCO3)n2C. The maximum absolute atomic E-state index is 12.3. The molecule has 0 fully saturated rings. The zero-order valence-corrected chi connectivity index (χ0v) is 16.7. The highest BCUT2D eigenvalue weighted by Gasteiger charge is 2.17. The van der Waals surface area contributed by atoms with Crippen LogP contribution in [0.25, 0.3) is 11.2 Å².